The number of para-hydroxylation sites is 5. The molecule has 9 aromatic rings. The highest BCUT2D eigenvalue weighted by Gasteiger charge is 2.20. The molecule has 0 unspecified atom stereocenters. The molecule has 0 spiro atoms. The van der Waals surface area contributed by atoms with E-state index in [1.165, 1.54) is 10.8 Å². The van der Waals surface area contributed by atoms with Gasteiger partial charge in [0.15, 0.2) is 0 Å². The van der Waals surface area contributed by atoms with Crippen LogP contribution in [0.1, 0.15) is 5.56 Å². The summed E-state index contributed by atoms with van der Waals surface area (Å²) in [5.41, 5.74) is 11.0. The minimum Gasteiger partial charge on any atom is -0.318 e. The van der Waals surface area contributed by atoms with E-state index in [1.54, 1.807) is 0 Å². The van der Waals surface area contributed by atoms with Crippen LogP contribution < -0.4 is 0 Å². The first kappa shape index (κ1) is 27.4. The molecular formula is C44H26N4. The maximum absolute atomic E-state index is 10.7. The number of rotatable bonds is 4. The van der Waals surface area contributed by atoms with E-state index in [0.29, 0.717) is 11.3 Å². The van der Waals surface area contributed by atoms with Gasteiger partial charge in [-0.2, -0.15) is 5.26 Å². The minimum atomic E-state index is 0.594. The quantitative estimate of drug-likeness (QED) is 0.183. The lowest BCUT2D eigenvalue weighted by molar-refractivity contribution is 1.18. The third-order valence-electron chi connectivity index (χ3n) is 9.42. The molecule has 0 radical (unpaired) electrons. The van der Waals surface area contributed by atoms with Crippen LogP contribution in [0.4, 0.5) is 5.69 Å². The van der Waals surface area contributed by atoms with E-state index >= 15 is 0 Å². The van der Waals surface area contributed by atoms with E-state index in [0.717, 1.165) is 66.5 Å². The van der Waals surface area contributed by atoms with Crippen LogP contribution in [-0.4, -0.2) is 9.13 Å². The molecular weight excluding hydrogens is 585 g/mol. The fourth-order valence-corrected chi connectivity index (χ4v) is 7.37. The molecule has 222 valence electrons. The number of fused-ring (bicyclic) bond motifs is 6. The number of aromatic nitrogens is 2. The number of nitriles is 1. The second kappa shape index (κ2) is 10.9. The monoisotopic (exact) mass is 610 g/mol. The molecule has 2 aromatic heterocycles. The molecule has 0 aliphatic carbocycles. The summed E-state index contributed by atoms with van der Waals surface area (Å²) in [6.45, 7) is 7.97. The zero-order valence-corrected chi connectivity index (χ0v) is 25.8. The van der Waals surface area contributed by atoms with Gasteiger partial charge in [0, 0.05) is 38.5 Å². The fourth-order valence-electron chi connectivity index (χ4n) is 7.37. The Morgan fingerprint density at radius 1 is 0.479 bits per heavy atom. The Bertz CT molecular complexity index is 2750. The van der Waals surface area contributed by atoms with Gasteiger partial charge in [-0.15, -0.1) is 0 Å². The van der Waals surface area contributed by atoms with E-state index in [2.05, 4.69) is 123 Å². The predicted octanol–water partition coefficient (Wildman–Crippen LogP) is 11.6. The van der Waals surface area contributed by atoms with Crippen molar-refractivity contribution in [2.45, 2.75) is 0 Å². The van der Waals surface area contributed by atoms with Crippen molar-refractivity contribution >= 4 is 49.3 Å². The topological polar surface area (TPSA) is 38.0 Å². The largest absolute Gasteiger partial charge is 0.318 e. The SMILES string of the molecule is [C-]#[N+]c1cccc2c3ccccc3n(-c3ccccc3-c3cccc(-c4ccc(-n5c6ccccc6c6ccccc65)cc4)c3C#N)c12. The first-order valence-electron chi connectivity index (χ1n) is 15.9. The van der Waals surface area contributed by atoms with Crippen LogP contribution in [0, 0.1) is 17.9 Å². The average molecular weight is 611 g/mol. The fraction of sp³-hybridized carbons (Fsp3) is 0. The maximum atomic E-state index is 10.7. The van der Waals surface area contributed by atoms with E-state index < -0.39 is 0 Å². The van der Waals surface area contributed by atoms with Gasteiger partial charge in [-0.05, 0) is 47.3 Å². The molecule has 0 atom stereocenters. The summed E-state index contributed by atoms with van der Waals surface area (Å²) in [5.74, 6) is 0. The summed E-state index contributed by atoms with van der Waals surface area (Å²) in [5, 5.41) is 15.3. The molecule has 0 saturated heterocycles. The predicted molar refractivity (Wildman–Crippen MR) is 197 cm³/mol. The van der Waals surface area contributed by atoms with Crippen LogP contribution in [0.2, 0.25) is 0 Å². The van der Waals surface area contributed by atoms with Crippen molar-refractivity contribution in [1.82, 2.24) is 9.13 Å². The smallest absolute Gasteiger partial charge is 0.211 e. The number of hydrogen-bond acceptors (Lipinski definition) is 1. The van der Waals surface area contributed by atoms with E-state index in [9.17, 15) is 5.26 Å². The molecule has 0 N–H and O–H groups in total. The van der Waals surface area contributed by atoms with Crippen LogP contribution in [0.3, 0.4) is 0 Å². The Kier molecular flexibility index (Phi) is 6.22. The minimum absolute atomic E-state index is 0.594. The Labute approximate surface area is 277 Å². The number of hydrogen-bond donors (Lipinski definition) is 0. The molecule has 0 aliphatic rings. The van der Waals surface area contributed by atoms with Gasteiger partial charge in [-0.1, -0.05) is 121 Å². The van der Waals surface area contributed by atoms with Crippen molar-refractivity contribution in [3.8, 4) is 39.7 Å². The Morgan fingerprint density at radius 3 is 1.67 bits per heavy atom. The Morgan fingerprint density at radius 2 is 1.00 bits per heavy atom. The average Bonchev–Trinajstić information content (AvgIpc) is 3.68. The Balaban J connectivity index is 1.21. The number of benzene rings is 7. The first-order chi connectivity index (χ1) is 23.8. The molecule has 48 heavy (non-hydrogen) atoms. The summed E-state index contributed by atoms with van der Waals surface area (Å²) in [4.78, 5) is 3.90. The van der Waals surface area contributed by atoms with Crippen molar-refractivity contribution in [2.24, 2.45) is 0 Å². The van der Waals surface area contributed by atoms with Gasteiger partial charge in [0.2, 0.25) is 5.69 Å². The molecule has 9 rings (SSSR count). The van der Waals surface area contributed by atoms with Gasteiger partial charge in [0.25, 0.3) is 0 Å². The van der Waals surface area contributed by atoms with Crippen LogP contribution in [0.15, 0.2) is 158 Å². The first-order valence-corrected chi connectivity index (χ1v) is 15.9. The summed E-state index contributed by atoms with van der Waals surface area (Å²) in [6.07, 6.45) is 0. The lowest BCUT2D eigenvalue weighted by Gasteiger charge is -2.17. The van der Waals surface area contributed by atoms with Gasteiger partial charge < -0.3 is 9.13 Å². The van der Waals surface area contributed by atoms with Gasteiger partial charge in [-0.3, -0.25) is 0 Å². The van der Waals surface area contributed by atoms with Crippen molar-refractivity contribution in [1.29, 1.82) is 5.26 Å². The molecule has 7 aromatic carbocycles. The lowest BCUT2D eigenvalue weighted by Crippen LogP contribution is -1.99. The molecule has 0 saturated carbocycles. The van der Waals surface area contributed by atoms with Crippen molar-refractivity contribution in [2.75, 3.05) is 0 Å². The van der Waals surface area contributed by atoms with Crippen LogP contribution in [0.25, 0.3) is 82.1 Å². The zero-order chi connectivity index (χ0) is 32.2. The van der Waals surface area contributed by atoms with Crippen LogP contribution in [0.5, 0.6) is 0 Å². The third kappa shape index (κ3) is 4.01. The highest BCUT2D eigenvalue weighted by Crippen LogP contribution is 2.42. The summed E-state index contributed by atoms with van der Waals surface area (Å²) >= 11 is 0. The molecule has 4 heteroatoms. The Hall–Kier alpha value is -6.88. The standard InChI is InChI=1S/C44H26N4/c1-46-39-19-11-18-37-36-15-5-9-23-43(36)48(44(37)39)42-22-8-2-12-33(42)32-17-10-16-31(38(32)28-45)29-24-26-30(27-25-29)47-40-20-6-3-13-34(40)35-14-4-7-21-41(35)47/h2-27H. The number of nitrogens with zero attached hydrogens (tertiary/aromatic N) is 4. The van der Waals surface area contributed by atoms with Crippen LogP contribution >= 0.6 is 0 Å². The van der Waals surface area contributed by atoms with E-state index in [1.807, 2.05) is 54.6 Å². The highest BCUT2D eigenvalue weighted by molar-refractivity contribution is 6.14. The second-order valence-electron chi connectivity index (χ2n) is 11.9. The van der Waals surface area contributed by atoms with Crippen LogP contribution in [-0.2, 0) is 0 Å². The van der Waals surface area contributed by atoms with Gasteiger partial charge in [0.1, 0.15) is 6.07 Å². The normalized spacial score (nSPS) is 11.3. The maximum Gasteiger partial charge on any atom is 0.211 e. The van der Waals surface area contributed by atoms with Crippen molar-refractivity contribution in [3.05, 3.63) is 175 Å². The summed E-state index contributed by atoms with van der Waals surface area (Å²) in [6, 6.07) is 56.5. The lowest BCUT2D eigenvalue weighted by atomic mass is 9.91. The van der Waals surface area contributed by atoms with E-state index in [-0.39, 0.29) is 0 Å². The zero-order valence-electron chi connectivity index (χ0n) is 25.8. The molecule has 4 nitrogen and oxygen atoms in total. The van der Waals surface area contributed by atoms with Gasteiger partial charge in [0.05, 0.1) is 39.9 Å². The summed E-state index contributed by atoms with van der Waals surface area (Å²) < 4.78 is 4.48. The van der Waals surface area contributed by atoms with Gasteiger partial charge >= 0.3 is 0 Å². The van der Waals surface area contributed by atoms with E-state index in [4.69, 9.17) is 6.57 Å². The molecule has 2 heterocycles. The summed E-state index contributed by atoms with van der Waals surface area (Å²) in [7, 11) is 0. The highest BCUT2D eigenvalue weighted by atomic mass is 15.0. The van der Waals surface area contributed by atoms with Crippen molar-refractivity contribution < 1.29 is 0 Å². The molecule has 0 amide bonds. The molecule has 0 bridgehead atoms. The molecule has 0 fully saturated rings. The van der Waals surface area contributed by atoms with Gasteiger partial charge in [-0.25, -0.2) is 4.85 Å². The van der Waals surface area contributed by atoms with Crippen molar-refractivity contribution in [3.63, 3.8) is 0 Å². The third-order valence-corrected chi connectivity index (χ3v) is 9.42. The second-order valence-corrected chi connectivity index (χ2v) is 11.9. The molecule has 0 aliphatic heterocycles.